The van der Waals surface area contributed by atoms with Crippen LogP contribution in [0.3, 0.4) is 0 Å². The second-order valence-corrected chi connectivity index (χ2v) is 6.63. The van der Waals surface area contributed by atoms with Crippen molar-refractivity contribution in [2.45, 2.75) is 12.6 Å². The van der Waals surface area contributed by atoms with Crippen LogP contribution in [-0.2, 0) is 0 Å². The van der Waals surface area contributed by atoms with Crippen LogP contribution in [-0.4, -0.2) is 10.9 Å². The monoisotopic (exact) mass is 400 g/mol. The van der Waals surface area contributed by atoms with Crippen LogP contribution >= 0.6 is 11.6 Å². The number of carbonyl (C=O) groups is 1. The summed E-state index contributed by atoms with van der Waals surface area (Å²) in [6.07, 6.45) is -1.71. The molecule has 3 aromatic rings. The van der Waals surface area contributed by atoms with Gasteiger partial charge in [-0.2, -0.15) is 0 Å². The molecule has 2 aromatic carbocycles. The molecule has 0 spiro atoms. The maximum Gasteiger partial charge on any atom is 0.264 e. The third kappa shape index (κ3) is 3.48. The minimum absolute atomic E-state index is 0.162. The van der Waals surface area contributed by atoms with Gasteiger partial charge in [-0.3, -0.25) is 4.79 Å². The number of nitrogens with one attached hydrogen (secondary N) is 3. The Labute approximate surface area is 164 Å². The van der Waals surface area contributed by atoms with E-state index < -0.39 is 12.6 Å². The number of alkyl halides is 2. The third-order valence-electron chi connectivity index (χ3n) is 4.40. The number of benzene rings is 2. The number of nitrogens with zero attached hydrogens (tertiary/aromatic N) is 1. The van der Waals surface area contributed by atoms with Crippen molar-refractivity contribution in [3.05, 3.63) is 82.5 Å². The van der Waals surface area contributed by atoms with Gasteiger partial charge in [-0.1, -0.05) is 29.8 Å². The second kappa shape index (κ2) is 7.44. The average Bonchev–Trinajstić information content (AvgIpc) is 3.12. The van der Waals surface area contributed by atoms with Crippen molar-refractivity contribution in [2.75, 3.05) is 16.0 Å². The van der Waals surface area contributed by atoms with E-state index in [1.54, 1.807) is 54.7 Å². The lowest BCUT2D eigenvalue weighted by molar-refractivity contribution is 0.102. The fourth-order valence-electron chi connectivity index (χ4n) is 3.13. The molecule has 8 heteroatoms. The highest BCUT2D eigenvalue weighted by molar-refractivity contribution is 6.30. The predicted molar refractivity (Wildman–Crippen MR) is 105 cm³/mol. The van der Waals surface area contributed by atoms with Gasteiger partial charge in [0.25, 0.3) is 12.3 Å². The van der Waals surface area contributed by atoms with Crippen LogP contribution in [0.1, 0.15) is 34.1 Å². The summed E-state index contributed by atoms with van der Waals surface area (Å²) in [6.45, 7) is 0. The molecular formula is C20H15ClF2N4O. The van der Waals surface area contributed by atoms with Crippen molar-refractivity contribution in [1.29, 1.82) is 0 Å². The van der Waals surface area contributed by atoms with Gasteiger partial charge in [0.2, 0.25) is 0 Å². The average molecular weight is 401 g/mol. The Bertz CT molecular complexity index is 1030. The number of pyridine rings is 1. The van der Waals surface area contributed by atoms with Gasteiger partial charge in [-0.25, -0.2) is 13.8 Å². The van der Waals surface area contributed by atoms with Crippen LogP contribution in [0.15, 0.2) is 60.8 Å². The number of amides is 1. The maximum atomic E-state index is 13.5. The zero-order valence-electron chi connectivity index (χ0n) is 14.4. The van der Waals surface area contributed by atoms with Crippen LogP contribution < -0.4 is 16.0 Å². The van der Waals surface area contributed by atoms with Crippen LogP contribution in [0, 0.1) is 0 Å². The molecular weight excluding hydrogens is 386 g/mol. The van der Waals surface area contributed by atoms with E-state index in [1.165, 1.54) is 6.07 Å². The topological polar surface area (TPSA) is 66.0 Å². The van der Waals surface area contributed by atoms with Gasteiger partial charge < -0.3 is 16.0 Å². The Kier molecular flexibility index (Phi) is 4.83. The van der Waals surface area contributed by atoms with Gasteiger partial charge in [0.15, 0.2) is 0 Å². The highest BCUT2D eigenvalue weighted by atomic mass is 35.5. The van der Waals surface area contributed by atoms with Crippen LogP contribution in [0.2, 0.25) is 5.02 Å². The van der Waals surface area contributed by atoms with Crippen molar-refractivity contribution in [3.8, 4) is 0 Å². The van der Waals surface area contributed by atoms with Crippen molar-refractivity contribution in [2.24, 2.45) is 0 Å². The summed E-state index contributed by atoms with van der Waals surface area (Å²) in [5.41, 5.74) is 1.77. The number of hydrogen-bond acceptors (Lipinski definition) is 4. The molecule has 2 heterocycles. The number of anilines is 3. The molecule has 4 rings (SSSR count). The number of carbonyl (C=O) groups excluding carboxylic acids is 1. The SMILES string of the molecule is O=C(Nc1ccccn1)c1cccc2c1NC(c1ccc(Cl)cc1C(F)F)N2. The summed E-state index contributed by atoms with van der Waals surface area (Å²) in [6, 6.07) is 14.7. The highest BCUT2D eigenvalue weighted by Crippen LogP contribution is 2.40. The van der Waals surface area contributed by atoms with Gasteiger partial charge in [0.1, 0.15) is 12.0 Å². The molecule has 1 amide bonds. The molecule has 5 nitrogen and oxygen atoms in total. The van der Waals surface area contributed by atoms with E-state index in [4.69, 9.17) is 11.6 Å². The minimum atomic E-state index is -2.67. The highest BCUT2D eigenvalue weighted by Gasteiger charge is 2.29. The number of hydrogen-bond donors (Lipinski definition) is 3. The molecule has 1 unspecified atom stereocenters. The summed E-state index contributed by atoms with van der Waals surface area (Å²) in [4.78, 5) is 16.8. The van der Waals surface area contributed by atoms with Crippen LogP contribution in [0.5, 0.6) is 0 Å². The number of para-hydroxylation sites is 1. The van der Waals surface area contributed by atoms with Gasteiger partial charge in [0.05, 0.1) is 16.9 Å². The first kappa shape index (κ1) is 18.2. The van der Waals surface area contributed by atoms with Gasteiger partial charge in [-0.15, -0.1) is 0 Å². The van der Waals surface area contributed by atoms with E-state index in [1.807, 2.05) is 0 Å². The predicted octanol–water partition coefficient (Wildman–Crippen LogP) is 5.46. The summed E-state index contributed by atoms with van der Waals surface area (Å²) in [5, 5.41) is 9.24. The first-order chi connectivity index (χ1) is 13.5. The standard InChI is InChI=1S/C20H15ClF2N4O/c21-11-7-8-12(14(10-11)18(22)23)19-25-15-5-3-4-13(17(15)27-19)20(28)26-16-6-1-2-9-24-16/h1-10,18-19,25,27H,(H,24,26,28). The normalized spacial score (nSPS) is 14.9. The molecule has 1 aliphatic heterocycles. The lowest BCUT2D eigenvalue weighted by atomic mass is 10.1. The summed E-state index contributed by atoms with van der Waals surface area (Å²) < 4.78 is 26.9. The van der Waals surface area contributed by atoms with Crippen molar-refractivity contribution < 1.29 is 13.6 Å². The van der Waals surface area contributed by atoms with E-state index in [0.29, 0.717) is 28.3 Å². The van der Waals surface area contributed by atoms with Gasteiger partial charge in [-0.05, 0) is 36.4 Å². The van der Waals surface area contributed by atoms with E-state index in [-0.39, 0.29) is 16.5 Å². The molecule has 1 aromatic heterocycles. The Morgan fingerprint density at radius 1 is 1.11 bits per heavy atom. The quantitative estimate of drug-likeness (QED) is 0.544. The van der Waals surface area contributed by atoms with Crippen molar-refractivity contribution in [1.82, 2.24) is 4.98 Å². The fraction of sp³-hybridized carbons (Fsp3) is 0.100. The summed E-state index contributed by atoms with van der Waals surface area (Å²) >= 11 is 5.87. The first-order valence-corrected chi connectivity index (χ1v) is 8.86. The van der Waals surface area contributed by atoms with Gasteiger partial charge >= 0.3 is 0 Å². The fourth-order valence-corrected chi connectivity index (χ4v) is 3.31. The first-order valence-electron chi connectivity index (χ1n) is 8.49. The Morgan fingerprint density at radius 3 is 2.71 bits per heavy atom. The molecule has 0 saturated carbocycles. The second-order valence-electron chi connectivity index (χ2n) is 6.19. The molecule has 1 atom stereocenters. The van der Waals surface area contributed by atoms with E-state index in [9.17, 15) is 13.6 Å². The molecule has 0 radical (unpaired) electrons. The Hall–Kier alpha value is -3.19. The van der Waals surface area contributed by atoms with Crippen LogP contribution in [0.4, 0.5) is 26.0 Å². The molecule has 0 aliphatic carbocycles. The third-order valence-corrected chi connectivity index (χ3v) is 4.63. The van der Waals surface area contributed by atoms with E-state index >= 15 is 0 Å². The summed E-state index contributed by atoms with van der Waals surface area (Å²) in [5.74, 6) is 0.0704. The van der Waals surface area contributed by atoms with E-state index in [0.717, 1.165) is 0 Å². The molecule has 3 N–H and O–H groups in total. The smallest absolute Gasteiger partial charge is 0.264 e. The molecule has 28 heavy (non-hydrogen) atoms. The van der Waals surface area contributed by atoms with E-state index in [2.05, 4.69) is 20.9 Å². The van der Waals surface area contributed by atoms with Crippen molar-refractivity contribution >= 4 is 34.7 Å². The zero-order chi connectivity index (χ0) is 19.7. The minimum Gasteiger partial charge on any atom is -0.360 e. The maximum absolute atomic E-state index is 13.5. The molecule has 1 aliphatic rings. The van der Waals surface area contributed by atoms with Crippen LogP contribution in [0.25, 0.3) is 0 Å². The lowest BCUT2D eigenvalue weighted by Gasteiger charge is -2.17. The zero-order valence-corrected chi connectivity index (χ0v) is 15.2. The molecule has 0 saturated heterocycles. The lowest BCUT2D eigenvalue weighted by Crippen LogP contribution is -2.17. The van der Waals surface area contributed by atoms with Crippen molar-refractivity contribution in [3.63, 3.8) is 0 Å². The number of rotatable bonds is 4. The molecule has 0 fully saturated rings. The molecule has 142 valence electrons. The number of fused-ring (bicyclic) bond motifs is 1. The molecule has 0 bridgehead atoms. The largest absolute Gasteiger partial charge is 0.360 e. The Morgan fingerprint density at radius 2 is 1.96 bits per heavy atom. The van der Waals surface area contributed by atoms with Gasteiger partial charge in [0, 0.05) is 22.3 Å². The number of aromatic nitrogens is 1. The summed E-state index contributed by atoms with van der Waals surface area (Å²) in [7, 11) is 0. The Balaban J connectivity index is 1.63. The number of halogens is 3.